The molecule has 16 nitrogen and oxygen atoms in total. The number of anilines is 1. The number of carboxylic acid groups (broad SMARTS) is 1. The fourth-order valence-electron chi connectivity index (χ4n) is 3.68. The van der Waals surface area contributed by atoms with Gasteiger partial charge in [0.05, 0.1) is 12.2 Å². The standard InChI is InChI=1S/C19H21ClN7O9PS2/c1-2-35-23-11(13-22-18(39-25-13)24-37(32,33)34)14(28)21-12-15(29)27-16(36-19(30)31)9(8-38-17(12)27)6-26-5-3-4-10(20)7-26/h3-5,7,11-12,17,23H,2,6,8H2,1H3,(H4-,21,22,24,25,28,30,31,32,33,34)/p+1/t11?,12?,17-/m0/s1. The van der Waals surface area contributed by atoms with Crippen molar-refractivity contribution >= 4 is 65.7 Å². The number of ether oxygens (including phenoxy) is 1. The molecule has 4 heterocycles. The molecule has 2 amide bonds. The van der Waals surface area contributed by atoms with Crippen LogP contribution in [0.5, 0.6) is 0 Å². The smallest absolute Gasteiger partial charge is 0.449 e. The van der Waals surface area contributed by atoms with Crippen molar-refractivity contribution in [2.45, 2.75) is 30.9 Å². The number of nitrogens with one attached hydrogen (secondary N) is 3. The summed E-state index contributed by atoms with van der Waals surface area (Å²) < 4.78 is 21.8. The minimum Gasteiger partial charge on any atom is -0.449 e. The molecule has 2 unspecified atom stereocenters. The van der Waals surface area contributed by atoms with Crippen LogP contribution in [0.4, 0.5) is 9.93 Å². The second-order valence-electron chi connectivity index (χ2n) is 7.96. The number of halogens is 1. The van der Waals surface area contributed by atoms with Gasteiger partial charge in [-0.1, -0.05) is 11.6 Å². The summed E-state index contributed by atoms with van der Waals surface area (Å²) in [5, 5.41) is 13.3. The van der Waals surface area contributed by atoms with Crippen molar-refractivity contribution in [2.24, 2.45) is 0 Å². The van der Waals surface area contributed by atoms with Crippen molar-refractivity contribution in [1.82, 2.24) is 25.1 Å². The molecule has 210 valence electrons. The Bertz CT molecular complexity index is 1360. The number of rotatable bonds is 11. The third-order valence-corrected chi connectivity index (χ3v) is 8.08. The summed E-state index contributed by atoms with van der Waals surface area (Å²) in [7, 11) is -4.65. The molecule has 1 fully saturated rings. The fraction of sp³-hybridized carbons (Fsp3) is 0.368. The van der Waals surface area contributed by atoms with Crippen LogP contribution < -0.4 is 20.5 Å². The van der Waals surface area contributed by atoms with Crippen molar-refractivity contribution in [3.63, 3.8) is 0 Å². The van der Waals surface area contributed by atoms with Crippen LogP contribution in [0, 0.1) is 0 Å². The van der Waals surface area contributed by atoms with Gasteiger partial charge in [-0.25, -0.2) is 14.3 Å². The zero-order valence-electron chi connectivity index (χ0n) is 19.9. The molecule has 2 aliphatic rings. The molecule has 0 aliphatic carbocycles. The Morgan fingerprint density at radius 3 is 2.85 bits per heavy atom. The molecular formula is C19H22ClN7O9PS2+. The highest BCUT2D eigenvalue weighted by atomic mass is 35.5. The highest BCUT2D eigenvalue weighted by molar-refractivity contribution is 8.00. The lowest BCUT2D eigenvalue weighted by Crippen LogP contribution is -2.71. The van der Waals surface area contributed by atoms with Crippen LogP contribution in [-0.2, 0) is 30.3 Å². The number of hydrogen-bond acceptors (Lipinski definition) is 11. The lowest BCUT2D eigenvalue weighted by molar-refractivity contribution is -0.689. The minimum atomic E-state index is -4.65. The van der Waals surface area contributed by atoms with Gasteiger partial charge in [0.25, 0.3) is 5.91 Å². The molecular weight excluding hydrogens is 601 g/mol. The van der Waals surface area contributed by atoms with Crippen LogP contribution in [0.1, 0.15) is 18.8 Å². The number of hydroxylamine groups is 1. The van der Waals surface area contributed by atoms with Gasteiger partial charge < -0.3 is 29.8 Å². The molecule has 39 heavy (non-hydrogen) atoms. The largest absolute Gasteiger partial charge is 0.512 e. The molecule has 2 aliphatic heterocycles. The summed E-state index contributed by atoms with van der Waals surface area (Å²) in [5.41, 5.74) is 2.99. The van der Waals surface area contributed by atoms with E-state index in [1.54, 1.807) is 36.0 Å². The van der Waals surface area contributed by atoms with E-state index in [-0.39, 0.29) is 30.0 Å². The molecule has 6 N–H and O–H groups in total. The number of β-lactam (4-membered cyclic amide) rings is 1. The zero-order valence-corrected chi connectivity index (χ0v) is 23.2. The van der Waals surface area contributed by atoms with Gasteiger partial charge in [0, 0.05) is 23.4 Å². The Kier molecular flexibility index (Phi) is 9.07. The zero-order chi connectivity index (χ0) is 28.3. The van der Waals surface area contributed by atoms with Crippen molar-refractivity contribution in [3.05, 3.63) is 46.8 Å². The molecule has 3 atom stereocenters. The highest BCUT2D eigenvalue weighted by Gasteiger charge is 2.55. The summed E-state index contributed by atoms with van der Waals surface area (Å²) in [6.45, 7) is 2.02. The second-order valence-corrected chi connectivity index (χ2v) is 11.6. The summed E-state index contributed by atoms with van der Waals surface area (Å²) in [6, 6.07) is 1.04. The molecule has 0 radical (unpaired) electrons. The van der Waals surface area contributed by atoms with Crippen LogP contribution in [0.25, 0.3) is 0 Å². The second kappa shape index (κ2) is 12.1. The number of aromatic nitrogens is 3. The highest BCUT2D eigenvalue weighted by Crippen LogP contribution is 2.41. The van der Waals surface area contributed by atoms with Gasteiger partial charge >= 0.3 is 13.9 Å². The molecule has 2 aromatic heterocycles. The van der Waals surface area contributed by atoms with Crippen molar-refractivity contribution in [3.8, 4) is 0 Å². The van der Waals surface area contributed by atoms with Crippen LogP contribution in [0.15, 0.2) is 36.0 Å². The Morgan fingerprint density at radius 2 is 2.18 bits per heavy atom. The first-order valence-electron chi connectivity index (χ1n) is 11.0. The first-order valence-corrected chi connectivity index (χ1v) is 14.8. The number of amides is 2. The third-order valence-electron chi connectivity index (χ3n) is 5.22. The van der Waals surface area contributed by atoms with Crippen LogP contribution in [0.2, 0.25) is 5.02 Å². The molecule has 0 spiro atoms. The average molecular weight is 623 g/mol. The van der Waals surface area contributed by atoms with E-state index in [0.29, 0.717) is 27.9 Å². The topological polar surface area (TPSA) is 216 Å². The molecule has 0 bridgehead atoms. The monoisotopic (exact) mass is 622 g/mol. The molecule has 4 rings (SSSR count). The van der Waals surface area contributed by atoms with Gasteiger partial charge in [-0.05, 0) is 13.0 Å². The van der Waals surface area contributed by atoms with Gasteiger partial charge in [-0.2, -0.15) is 14.4 Å². The number of pyridine rings is 1. The number of hydrogen-bond donors (Lipinski definition) is 6. The van der Waals surface area contributed by atoms with E-state index in [4.69, 9.17) is 31.0 Å². The molecule has 20 heteroatoms. The lowest BCUT2D eigenvalue weighted by atomic mass is 10.1. The van der Waals surface area contributed by atoms with Crippen LogP contribution in [0.3, 0.4) is 0 Å². The van der Waals surface area contributed by atoms with Gasteiger partial charge in [-0.15, -0.1) is 11.8 Å². The Labute approximate surface area is 233 Å². The number of nitrogens with zero attached hydrogens (tertiary/aromatic N) is 4. The van der Waals surface area contributed by atoms with E-state index in [9.17, 15) is 24.1 Å². The number of carbonyl (C=O) groups excluding carboxylic acids is 2. The first-order chi connectivity index (χ1) is 18.5. The van der Waals surface area contributed by atoms with Crippen LogP contribution >= 0.6 is 42.6 Å². The van der Waals surface area contributed by atoms with Gasteiger partial charge in [0.1, 0.15) is 16.4 Å². The van der Waals surface area contributed by atoms with E-state index >= 15 is 0 Å². The van der Waals surface area contributed by atoms with E-state index < -0.39 is 43.2 Å². The number of thioether (sulfide) groups is 1. The van der Waals surface area contributed by atoms with Crippen molar-refractivity contribution < 1.29 is 48.0 Å². The molecule has 0 saturated carbocycles. The minimum absolute atomic E-state index is 0.132. The van der Waals surface area contributed by atoms with Gasteiger partial charge in [0.15, 0.2) is 30.8 Å². The van der Waals surface area contributed by atoms with E-state index in [2.05, 4.69) is 20.2 Å². The lowest BCUT2D eigenvalue weighted by Gasteiger charge is -2.49. The summed E-state index contributed by atoms with van der Waals surface area (Å²) in [6.07, 6.45) is 1.77. The van der Waals surface area contributed by atoms with Crippen LogP contribution in [-0.4, -0.2) is 70.9 Å². The summed E-state index contributed by atoms with van der Waals surface area (Å²) in [5.74, 6) is -1.34. The maximum atomic E-state index is 13.1. The van der Waals surface area contributed by atoms with E-state index in [1.165, 1.54) is 16.7 Å². The predicted octanol–water partition coefficient (Wildman–Crippen LogP) is 0.572. The Balaban J connectivity index is 1.51. The average Bonchev–Trinajstić information content (AvgIpc) is 3.29. The van der Waals surface area contributed by atoms with Gasteiger partial charge in [0.2, 0.25) is 16.9 Å². The normalized spacial score (nSPS) is 19.7. The first kappa shape index (κ1) is 29.2. The molecule has 1 saturated heterocycles. The quantitative estimate of drug-likeness (QED) is 0.0664. The number of carbonyl (C=O) groups is 3. The molecule has 0 aromatic carbocycles. The van der Waals surface area contributed by atoms with Crippen molar-refractivity contribution in [1.29, 1.82) is 0 Å². The van der Waals surface area contributed by atoms with Gasteiger partial charge in [-0.3, -0.25) is 19.6 Å². The van der Waals surface area contributed by atoms with E-state index in [0.717, 1.165) is 0 Å². The predicted molar refractivity (Wildman–Crippen MR) is 136 cm³/mol. The number of fused-ring (bicyclic) bond motifs is 1. The Hall–Kier alpha value is -2.83. The Morgan fingerprint density at radius 1 is 1.41 bits per heavy atom. The fourth-order valence-corrected chi connectivity index (χ4v) is 6.47. The van der Waals surface area contributed by atoms with E-state index in [1.807, 2.05) is 5.09 Å². The SMILES string of the molecule is CCONC(C(=O)NC1C(=O)N2C(OC(=O)O)=C(C[n+]3cccc(Cl)c3)CS[C@@H]12)c1nsc(NP(=O)(O)O)n1. The maximum Gasteiger partial charge on any atom is 0.512 e. The summed E-state index contributed by atoms with van der Waals surface area (Å²) in [4.78, 5) is 66.0. The maximum absolute atomic E-state index is 13.1. The third kappa shape index (κ3) is 7.03. The summed E-state index contributed by atoms with van der Waals surface area (Å²) >= 11 is 7.95. The van der Waals surface area contributed by atoms with Crippen molar-refractivity contribution in [2.75, 3.05) is 17.4 Å². The molecule has 2 aromatic rings.